The lowest BCUT2D eigenvalue weighted by Gasteiger charge is -2.08. The van der Waals surface area contributed by atoms with E-state index in [1.165, 1.54) is 13.2 Å². The van der Waals surface area contributed by atoms with E-state index in [2.05, 4.69) is 0 Å². The zero-order chi connectivity index (χ0) is 10.0. The molecule has 0 unspecified atom stereocenters. The van der Waals surface area contributed by atoms with Gasteiger partial charge in [0.05, 0.1) is 12.7 Å². The third-order valence-electron chi connectivity index (χ3n) is 1.75. The molecule has 0 aliphatic rings. The number of rotatable bonds is 2. The van der Waals surface area contributed by atoms with Gasteiger partial charge in [-0.2, -0.15) is 0 Å². The number of methoxy groups -OCH3 is 1. The van der Waals surface area contributed by atoms with Gasteiger partial charge in [0.25, 0.3) is 0 Å². The topological polar surface area (TPSA) is 35.2 Å². The van der Waals surface area contributed by atoms with Gasteiger partial charge in [0.15, 0.2) is 0 Å². The highest BCUT2D eigenvalue weighted by Crippen LogP contribution is 2.22. The number of hydrogen-bond donors (Lipinski definition) is 1. The summed E-state index contributed by atoms with van der Waals surface area (Å²) in [7, 11) is 1.49. The van der Waals surface area contributed by atoms with Crippen LogP contribution in [0.1, 0.15) is 11.1 Å². The van der Waals surface area contributed by atoms with Crippen molar-refractivity contribution in [2.24, 2.45) is 5.73 Å². The van der Waals surface area contributed by atoms with Crippen molar-refractivity contribution in [2.45, 2.75) is 6.92 Å². The average molecular weight is 199 g/mol. The Hall–Kier alpha value is -1.16. The van der Waals surface area contributed by atoms with Gasteiger partial charge in [-0.25, -0.2) is 4.39 Å². The van der Waals surface area contributed by atoms with Crippen LogP contribution in [0.4, 0.5) is 4.39 Å². The maximum atomic E-state index is 13.1. The van der Waals surface area contributed by atoms with Crippen molar-refractivity contribution in [3.05, 3.63) is 29.1 Å². The maximum Gasteiger partial charge on any atom is 0.129 e. The van der Waals surface area contributed by atoms with Crippen molar-refractivity contribution in [1.82, 2.24) is 0 Å². The van der Waals surface area contributed by atoms with Crippen molar-refractivity contribution < 1.29 is 9.13 Å². The first kappa shape index (κ1) is 9.92. The molecule has 2 N–H and O–H groups in total. The van der Waals surface area contributed by atoms with E-state index in [9.17, 15) is 4.39 Å². The molecule has 0 aliphatic carbocycles. The fraction of sp³-hybridized carbons (Fsp3) is 0.222. The van der Waals surface area contributed by atoms with Crippen LogP contribution < -0.4 is 10.5 Å². The first-order valence-corrected chi connectivity index (χ1v) is 4.11. The minimum absolute atomic E-state index is 0.135. The molecule has 0 spiro atoms. The van der Waals surface area contributed by atoms with Gasteiger partial charge in [-0.1, -0.05) is 12.2 Å². The van der Waals surface area contributed by atoms with E-state index < -0.39 is 0 Å². The maximum absolute atomic E-state index is 13.1. The molecule has 0 amide bonds. The van der Waals surface area contributed by atoms with Crippen molar-refractivity contribution in [2.75, 3.05) is 7.11 Å². The van der Waals surface area contributed by atoms with Crippen molar-refractivity contribution in [3.8, 4) is 5.75 Å². The summed E-state index contributed by atoms with van der Waals surface area (Å²) in [5.74, 6) is 0.176. The van der Waals surface area contributed by atoms with Crippen LogP contribution in [0.25, 0.3) is 0 Å². The van der Waals surface area contributed by atoms with Crippen molar-refractivity contribution in [3.63, 3.8) is 0 Å². The van der Waals surface area contributed by atoms with E-state index in [-0.39, 0.29) is 10.8 Å². The Balaban J connectivity index is 3.33. The summed E-state index contributed by atoms with van der Waals surface area (Å²) >= 11 is 4.75. The predicted molar refractivity (Wildman–Crippen MR) is 53.6 cm³/mol. The average Bonchev–Trinajstić information content (AvgIpc) is 2.08. The molecule has 1 rings (SSSR count). The van der Waals surface area contributed by atoms with Crippen LogP contribution in [0.5, 0.6) is 5.75 Å². The van der Waals surface area contributed by atoms with E-state index in [0.717, 1.165) is 0 Å². The van der Waals surface area contributed by atoms with Crippen LogP contribution in [0.3, 0.4) is 0 Å². The third-order valence-corrected chi connectivity index (χ3v) is 1.97. The molecule has 70 valence electrons. The fourth-order valence-corrected chi connectivity index (χ4v) is 1.18. The number of benzene rings is 1. The second kappa shape index (κ2) is 3.70. The van der Waals surface area contributed by atoms with E-state index in [1.54, 1.807) is 13.0 Å². The number of hydrogen-bond acceptors (Lipinski definition) is 2. The van der Waals surface area contributed by atoms with Crippen molar-refractivity contribution in [1.29, 1.82) is 0 Å². The van der Waals surface area contributed by atoms with Crippen LogP contribution in [-0.2, 0) is 0 Å². The molecule has 1 aromatic carbocycles. The molecule has 0 aliphatic heterocycles. The number of nitrogens with two attached hydrogens (primary N) is 1. The third kappa shape index (κ3) is 1.95. The van der Waals surface area contributed by atoms with Gasteiger partial charge in [0.2, 0.25) is 0 Å². The largest absolute Gasteiger partial charge is 0.496 e. The van der Waals surface area contributed by atoms with Crippen LogP contribution >= 0.6 is 12.2 Å². The fourth-order valence-electron chi connectivity index (χ4n) is 1.02. The number of thiocarbonyl (C=S) groups is 1. The molecule has 0 radical (unpaired) electrons. The molecule has 0 heterocycles. The first-order valence-electron chi connectivity index (χ1n) is 3.70. The number of aryl methyl sites for hydroxylation is 1. The van der Waals surface area contributed by atoms with E-state index in [1.807, 2.05) is 0 Å². The minimum Gasteiger partial charge on any atom is -0.496 e. The molecule has 0 aromatic heterocycles. The predicted octanol–water partition coefficient (Wildman–Crippen LogP) is 1.78. The molecule has 0 bridgehead atoms. The van der Waals surface area contributed by atoms with Gasteiger partial charge in [-0.15, -0.1) is 0 Å². The summed E-state index contributed by atoms with van der Waals surface area (Å²) in [6.45, 7) is 1.65. The number of halogens is 1. The lowest BCUT2D eigenvalue weighted by molar-refractivity contribution is 0.412. The monoisotopic (exact) mass is 199 g/mol. The SMILES string of the molecule is COc1cc(C)c(F)cc1C(N)=S. The molecular formula is C9H10FNOS. The van der Waals surface area contributed by atoms with Gasteiger partial charge < -0.3 is 10.5 Å². The van der Waals surface area contributed by atoms with E-state index in [4.69, 9.17) is 22.7 Å². The standard InChI is InChI=1S/C9H10FNOS/c1-5-3-8(12-2)6(9(11)13)4-7(5)10/h3-4H,1-2H3,(H2,11,13). The molecule has 4 heteroatoms. The van der Waals surface area contributed by atoms with Crippen LogP contribution in [0, 0.1) is 12.7 Å². The minimum atomic E-state index is -0.330. The first-order chi connectivity index (χ1) is 6.06. The highest BCUT2D eigenvalue weighted by atomic mass is 32.1. The summed E-state index contributed by atoms with van der Waals surface area (Å²) in [5.41, 5.74) is 6.34. The van der Waals surface area contributed by atoms with Crippen LogP contribution in [0.2, 0.25) is 0 Å². The lowest BCUT2D eigenvalue weighted by Crippen LogP contribution is -2.11. The zero-order valence-electron chi connectivity index (χ0n) is 7.43. The Labute approximate surface area is 81.5 Å². The summed E-state index contributed by atoms with van der Waals surface area (Å²) in [6.07, 6.45) is 0. The molecule has 0 atom stereocenters. The highest BCUT2D eigenvalue weighted by Gasteiger charge is 2.09. The molecule has 0 fully saturated rings. The summed E-state index contributed by atoms with van der Waals surface area (Å²) < 4.78 is 18.1. The Morgan fingerprint density at radius 3 is 2.62 bits per heavy atom. The van der Waals surface area contributed by atoms with E-state index >= 15 is 0 Å². The molecule has 13 heavy (non-hydrogen) atoms. The Morgan fingerprint density at radius 1 is 1.54 bits per heavy atom. The normalized spacial score (nSPS) is 9.77. The Bertz CT molecular complexity index is 352. The van der Waals surface area contributed by atoms with E-state index in [0.29, 0.717) is 16.9 Å². The number of ether oxygens (including phenoxy) is 1. The molecular weight excluding hydrogens is 189 g/mol. The second-order valence-electron chi connectivity index (χ2n) is 2.67. The van der Waals surface area contributed by atoms with Gasteiger partial charge >= 0.3 is 0 Å². The summed E-state index contributed by atoms with van der Waals surface area (Å²) in [4.78, 5) is 0.135. The Kier molecular flexibility index (Phi) is 2.83. The zero-order valence-corrected chi connectivity index (χ0v) is 8.24. The smallest absolute Gasteiger partial charge is 0.129 e. The van der Waals surface area contributed by atoms with Crippen LogP contribution in [0.15, 0.2) is 12.1 Å². The van der Waals surface area contributed by atoms with Gasteiger partial charge in [-0.05, 0) is 24.6 Å². The molecule has 0 saturated heterocycles. The molecule has 1 aromatic rings. The summed E-state index contributed by atoms with van der Waals surface area (Å²) in [5, 5.41) is 0. The Morgan fingerprint density at radius 2 is 2.15 bits per heavy atom. The lowest BCUT2D eigenvalue weighted by atomic mass is 10.1. The molecule has 2 nitrogen and oxygen atoms in total. The quantitative estimate of drug-likeness (QED) is 0.737. The second-order valence-corrected chi connectivity index (χ2v) is 3.11. The van der Waals surface area contributed by atoms with Gasteiger partial charge in [-0.3, -0.25) is 0 Å². The highest BCUT2D eigenvalue weighted by molar-refractivity contribution is 7.80. The summed E-state index contributed by atoms with van der Waals surface area (Å²) in [6, 6.07) is 2.86. The van der Waals surface area contributed by atoms with Crippen LogP contribution in [-0.4, -0.2) is 12.1 Å². The molecule has 0 saturated carbocycles. The van der Waals surface area contributed by atoms with Crippen molar-refractivity contribution >= 4 is 17.2 Å². The van der Waals surface area contributed by atoms with Gasteiger partial charge in [0.1, 0.15) is 16.6 Å². The van der Waals surface area contributed by atoms with Gasteiger partial charge in [0, 0.05) is 0 Å².